The third-order valence-corrected chi connectivity index (χ3v) is 6.43. The fraction of sp³-hybridized carbons (Fsp3) is 0.421. The van der Waals surface area contributed by atoms with Crippen LogP contribution in [0.1, 0.15) is 19.6 Å². The Labute approximate surface area is 193 Å². The van der Waals surface area contributed by atoms with Gasteiger partial charge in [-0.3, -0.25) is 9.09 Å². The highest BCUT2D eigenvalue weighted by atomic mass is 32.2. The first-order chi connectivity index (χ1) is 15.8. The van der Waals surface area contributed by atoms with Crippen LogP contribution in [0, 0.1) is 0 Å². The highest BCUT2D eigenvalue weighted by Gasteiger charge is 2.45. The summed E-state index contributed by atoms with van der Waals surface area (Å²) in [6, 6.07) is 9.44. The number of para-hydroxylation sites is 1. The fourth-order valence-electron chi connectivity index (χ4n) is 3.35. The number of phosphoric acid groups is 1. The number of aliphatic hydroxyl groups excluding tert-OH is 2. The van der Waals surface area contributed by atoms with E-state index in [1.807, 2.05) is 37.3 Å². The number of nitrogens with zero attached hydrogens (tertiary/aromatic N) is 4. The first kappa shape index (κ1) is 24.0. The van der Waals surface area contributed by atoms with Gasteiger partial charge in [0.05, 0.1) is 12.9 Å². The predicted octanol–water partition coefficient (Wildman–Crippen LogP) is 1.80. The van der Waals surface area contributed by atoms with E-state index in [-0.39, 0.29) is 0 Å². The Morgan fingerprint density at radius 2 is 1.97 bits per heavy atom. The average molecular weight is 497 g/mol. The van der Waals surface area contributed by atoms with Gasteiger partial charge in [-0.05, 0) is 18.6 Å². The molecule has 1 aliphatic heterocycles. The largest absolute Gasteiger partial charge is 0.469 e. The topological polar surface area (TPSA) is 172 Å². The summed E-state index contributed by atoms with van der Waals surface area (Å²) in [5.74, 6) is 1.27. The number of nitrogens with one attached hydrogen (secondary N) is 1. The molecule has 14 heteroatoms. The molecule has 2 aromatic heterocycles. The maximum absolute atomic E-state index is 11.0. The lowest BCUT2D eigenvalue weighted by molar-refractivity contribution is -0.0504. The monoisotopic (exact) mass is 497 g/mol. The molecule has 0 amide bonds. The molecule has 0 spiro atoms. The highest BCUT2D eigenvalue weighted by Crippen LogP contribution is 2.39. The Balaban J connectivity index is 1.68. The van der Waals surface area contributed by atoms with Crippen LogP contribution in [0.15, 0.2) is 41.8 Å². The smallest absolute Gasteiger partial charge is 0.387 e. The molecule has 1 saturated heterocycles. The molecule has 1 aliphatic rings. The minimum Gasteiger partial charge on any atom is -0.387 e. The summed E-state index contributed by atoms with van der Waals surface area (Å²) >= 11 is 1.46. The summed E-state index contributed by atoms with van der Waals surface area (Å²) < 4.78 is 22.6. The fourth-order valence-corrected chi connectivity index (χ4v) is 4.39. The van der Waals surface area contributed by atoms with Crippen molar-refractivity contribution in [2.75, 3.05) is 17.7 Å². The van der Waals surface area contributed by atoms with Crippen LogP contribution in [0.3, 0.4) is 0 Å². The number of hydrogen-bond acceptors (Lipinski definition) is 10. The minimum atomic E-state index is -4.76. The molecule has 0 unspecified atom stereocenters. The van der Waals surface area contributed by atoms with Crippen molar-refractivity contribution in [2.24, 2.45) is 0 Å². The van der Waals surface area contributed by atoms with Crippen molar-refractivity contribution in [1.29, 1.82) is 0 Å². The van der Waals surface area contributed by atoms with Gasteiger partial charge in [0.2, 0.25) is 0 Å². The van der Waals surface area contributed by atoms with Gasteiger partial charge in [-0.1, -0.05) is 36.9 Å². The molecule has 3 heterocycles. The lowest BCUT2D eigenvalue weighted by atomic mass is 10.1. The van der Waals surface area contributed by atoms with Crippen molar-refractivity contribution in [3.63, 3.8) is 0 Å². The maximum Gasteiger partial charge on any atom is 0.469 e. The molecule has 0 radical (unpaired) electrons. The standard InChI is InChI=1S/C19H24N5O7PS/c1-2-8-33-19-22-16(21-11-6-4-3-5-7-11)13-17(23-19)24(10-20-13)18-15(26)14(25)12(31-18)9-30-32(27,28)29/h3-7,10,12,14-15,18,25-26H,2,8-9H2,1H3,(H,21,22,23)(H2,27,28,29)/t12-,14-,15-,18-/m1/s1. The molecule has 178 valence electrons. The summed E-state index contributed by atoms with van der Waals surface area (Å²) in [6.07, 6.45) is -2.76. The number of phosphoric ester groups is 1. The van der Waals surface area contributed by atoms with Crippen molar-refractivity contribution < 1.29 is 33.8 Å². The number of thioether (sulfide) groups is 1. The zero-order valence-electron chi connectivity index (χ0n) is 17.6. The Bertz CT molecular complexity index is 1140. The predicted molar refractivity (Wildman–Crippen MR) is 120 cm³/mol. The van der Waals surface area contributed by atoms with Gasteiger partial charge in [0.25, 0.3) is 0 Å². The molecule has 4 atom stereocenters. The molecule has 3 aromatic rings. The Morgan fingerprint density at radius 3 is 2.67 bits per heavy atom. The number of rotatable bonds is 9. The van der Waals surface area contributed by atoms with E-state index in [1.54, 1.807) is 0 Å². The van der Waals surface area contributed by atoms with Crippen molar-refractivity contribution in [3.05, 3.63) is 36.7 Å². The maximum atomic E-state index is 11.0. The normalized spacial score (nSPS) is 23.3. The second-order valence-electron chi connectivity index (χ2n) is 7.35. The molecule has 12 nitrogen and oxygen atoms in total. The highest BCUT2D eigenvalue weighted by molar-refractivity contribution is 7.99. The lowest BCUT2D eigenvalue weighted by Gasteiger charge is -2.17. The second-order valence-corrected chi connectivity index (χ2v) is 9.65. The number of fused-ring (bicyclic) bond motifs is 1. The van der Waals surface area contributed by atoms with Crippen LogP contribution in [0.4, 0.5) is 11.5 Å². The van der Waals surface area contributed by atoms with E-state index in [2.05, 4.69) is 24.8 Å². The van der Waals surface area contributed by atoms with E-state index in [9.17, 15) is 14.8 Å². The number of aliphatic hydroxyl groups is 2. The van der Waals surface area contributed by atoms with E-state index >= 15 is 0 Å². The molecular weight excluding hydrogens is 473 g/mol. The van der Waals surface area contributed by atoms with Crippen LogP contribution in [0.2, 0.25) is 0 Å². The zero-order valence-corrected chi connectivity index (χ0v) is 19.3. The first-order valence-corrected chi connectivity index (χ1v) is 12.7. The van der Waals surface area contributed by atoms with Crippen LogP contribution in [0.5, 0.6) is 0 Å². The molecule has 0 bridgehead atoms. The summed E-state index contributed by atoms with van der Waals surface area (Å²) in [7, 11) is -4.76. The van der Waals surface area contributed by atoms with E-state index in [4.69, 9.17) is 14.5 Å². The molecule has 4 rings (SSSR count). The third kappa shape index (κ3) is 5.53. The lowest BCUT2D eigenvalue weighted by Crippen LogP contribution is -2.33. The van der Waals surface area contributed by atoms with Gasteiger partial charge < -0.3 is 30.1 Å². The van der Waals surface area contributed by atoms with Crippen LogP contribution in [0.25, 0.3) is 11.2 Å². The van der Waals surface area contributed by atoms with Crippen LogP contribution in [-0.4, -0.2) is 70.2 Å². The molecule has 0 aliphatic carbocycles. The minimum absolute atomic E-state index is 0.370. The van der Waals surface area contributed by atoms with Gasteiger partial charge >= 0.3 is 7.82 Å². The second kappa shape index (κ2) is 10.0. The Kier molecular flexibility index (Phi) is 7.31. The molecular formula is C19H24N5O7PS. The number of imidazole rings is 1. The zero-order chi connectivity index (χ0) is 23.6. The number of hydrogen-bond donors (Lipinski definition) is 5. The SMILES string of the molecule is CCCSc1nc(Nc2ccccc2)c2ncn([C@@H]3O[C@H](COP(=O)(O)O)[C@@H](O)[C@H]3O)c2n1. The summed E-state index contributed by atoms with van der Waals surface area (Å²) in [5, 5.41) is 24.6. The first-order valence-electron chi connectivity index (χ1n) is 10.2. The summed E-state index contributed by atoms with van der Waals surface area (Å²) in [4.78, 5) is 31.4. The van der Waals surface area contributed by atoms with E-state index in [0.29, 0.717) is 22.1 Å². The number of ether oxygens (including phenoxy) is 1. The van der Waals surface area contributed by atoms with Crippen LogP contribution in [-0.2, 0) is 13.8 Å². The van der Waals surface area contributed by atoms with Gasteiger partial charge in [-0.15, -0.1) is 0 Å². The quantitative estimate of drug-likeness (QED) is 0.165. The molecule has 0 saturated carbocycles. The van der Waals surface area contributed by atoms with Gasteiger partial charge in [0.1, 0.15) is 18.3 Å². The third-order valence-electron chi connectivity index (χ3n) is 4.89. The molecule has 1 aromatic carbocycles. The van der Waals surface area contributed by atoms with Crippen LogP contribution >= 0.6 is 19.6 Å². The van der Waals surface area contributed by atoms with E-state index in [0.717, 1.165) is 17.9 Å². The van der Waals surface area contributed by atoms with Gasteiger partial charge in [0, 0.05) is 11.4 Å². The Hall–Kier alpha value is -2.09. The molecule has 33 heavy (non-hydrogen) atoms. The van der Waals surface area contributed by atoms with Crippen molar-refractivity contribution in [2.45, 2.75) is 43.0 Å². The van der Waals surface area contributed by atoms with Crippen LogP contribution < -0.4 is 5.32 Å². The van der Waals surface area contributed by atoms with E-state index < -0.39 is 39.0 Å². The number of anilines is 2. The summed E-state index contributed by atoms with van der Waals surface area (Å²) in [5.41, 5.74) is 1.61. The average Bonchev–Trinajstić information content (AvgIpc) is 3.32. The number of benzene rings is 1. The molecule has 1 fully saturated rings. The molecule has 5 N–H and O–H groups in total. The van der Waals surface area contributed by atoms with Gasteiger partial charge in [0.15, 0.2) is 28.4 Å². The van der Waals surface area contributed by atoms with Gasteiger partial charge in [-0.2, -0.15) is 0 Å². The van der Waals surface area contributed by atoms with E-state index in [1.165, 1.54) is 22.7 Å². The van der Waals surface area contributed by atoms with Crippen molar-refractivity contribution >= 4 is 42.3 Å². The van der Waals surface area contributed by atoms with Crippen molar-refractivity contribution in [1.82, 2.24) is 19.5 Å². The number of aromatic nitrogens is 4. The van der Waals surface area contributed by atoms with Crippen molar-refractivity contribution in [3.8, 4) is 0 Å². The summed E-state index contributed by atoms with van der Waals surface area (Å²) in [6.45, 7) is 1.45. The van der Waals surface area contributed by atoms with Gasteiger partial charge in [-0.25, -0.2) is 19.5 Å². The Morgan fingerprint density at radius 1 is 1.21 bits per heavy atom.